The Balaban J connectivity index is 1.31. The SMILES string of the molecule is C[C@@H](OC(=O)Cc1cccc2ccccc12)C(=O)NCc1ccc2c(c1)OCO2. The zero-order valence-electron chi connectivity index (χ0n) is 16.0. The number of ether oxygens (including phenoxy) is 3. The van der Waals surface area contributed by atoms with E-state index >= 15 is 0 Å². The summed E-state index contributed by atoms with van der Waals surface area (Å²) in [6.45, 7) is 2.07. The van der Waals surface area contributed by atoms with Crippen molar-refractivity contribution in [3.63, 3.8) is 0 Å². The van der Waals surface area contributed by atoms with Crippen LogP contribution in [0.5, 0.6) is 11.5 Å². The second-order valence-electron chi connectivity index (χ2n) is 6.85. The second-order valence-corrected chi connectivity index (χ2v) is 6.85. The standard InChI is InChI=1S/C23H21NO5/c1-15(23(26)24-13-16-9-10-20-21(11-16)28-14-27-20)29-22(25)12-18-7-4-6-17-5-2-3-8-19(17)18/h2-11,15H,12-14H2,1H3,(H,24,26)/t15-/m1/s1. The number of esters is 1. The van der Waals surface area contributed by atoms with Gasteiger partial charge >= 0.3 is 5.97 Å². The Morgan fingerprint density at radius 2 is 1.83 bits per heavy atom. The molecule has 0 fully saturated rings. The first kappa shape index (κ1) is 18.8. The van der Waals surface area contributed by atoms with Crippen molar-refractivity contribution in [2.45, 2.75) is 26.0 Å². The Labute approximate surface area is 168 Å². The molecule has 4 rings (SSSR count). The minimum atomic E-state index is -0.883. The van der Waals surface area contributed by atoms with Gasteiger partial charge in [-0.3, -0.25) is 9.59 Å². The predicted molar refractivity (Wildman–Crippen MR) is 108 cm³/mol. The van der Waals surface area contributed by atoms with Crippen LogP contribution in [0.15, 0.2) is 60.7 Å². The van der Waals surface area contributed by atoms with Gasteiger partial charge in [-0.05, 0) is 41.0 Å². The molecule has 1 N–H and O–H groups in total. The quantitative estimate of drug-likeness (QED) is 0.653. The minimum Gasteiger partial charge on any atom is -0.454 e. The molecule has 1 aliphatic rings. The van der Waals surface area contributed by atoms with Crippen LogP contribution >= 0.6 is 0 Å². The van der Waals surface area contributed by atoms with Gasteiger partial charge < -0.3 is 19.5 Å². The van der Waals surface area contributed by atoms with Crippen molar-refractivity contribution < 1.29 is 23.8 Å². The fourth-order valence-corrected chi connectivity index (χ4v) is 3.28. The van der Waals surface area contributed by atoms with E-state index in [4.69, 9.17) is 14.2 Å². The largest absolute Gasteiger partial charge is 0.454 e. The van der Waals surface area contributed by atoms with E-state index < -0.39 is 12.1 Å². The van der Waals surface area contributed by atoms with Crippen LogP contribution in [0, 0.1) is 0 Å². The summed E-state index contributed by atoms with van der Waals surface area (Å²) in [7, 11) is 0. The van der Waals surface area contributed by atoms with Crippen molar-refractivity contribution in [1.29, 1.82) is 0 Å². The molecule has 1 atom stereocenters. The molecule has 3 aromatic rings. The maximum absolute atomic E-state index is 12.3. The van der Waals surface area contributed by atoms with Crippen LogP contribution in [0.1, 0.15) is 18.1 Å². The molecule has 3 aromatic carbocycles. The van der Waals surface area contributed by atoms with E-state index in [1.165, 1.54) is 0 Å². The van der Waals surface area contributed by atoms with Gasteiger partial charge in [-0.15, -0.1) is 0 Å². The number of fused-ring (bicyclic) bond motifs is 2. The van der Waals surface area contributed by atoms with Crippen LogP contribution in [0.4, 0.5) is 0 Å². The lowest BCUT2D eigenvalue weighted by Gasteiger charge is -2.14. The highest BCUT2D eigenvalue weighted by Gasteiger charge is 2.19. The van der Waals surface area contributed by atoms with Crippen LogP contribution in [-0.2, 0) is 27.3 Å². The molecule has 0 radical (unpaired) electrons. The van der Waals surface area contributed by atoms with Crippen molar-refractivity contribution in [3.05, 3.63) is 71.8 Å². The summed E-state index contributed by atoms with van der Waals surface area (Å²) in [4.78, 5) is 24.6. The zero-order chi connectivity index (χ0) is 20.2. The van der Waals surface area contributed by atoms with E-state index in [1.54, 1.807) is 13.0 Å². The summed E-state index contributed by atoms with van der Waals surface area (Å²) in [6, 6.07) is 19.1. The van der Waals surface area contributed by atoms with Gasteiger partial charge in [-0.1, -0.05) is 48.5 Å². The molecular weight excluding hydrogens is 370 g/mol. The summed E-state index contributed by atoms with van der Waals surface area (Å²) in [6.07, 6.45) is -0.771. The van der Waals surface area contributed by atoms with Gasteiger partial charge in [-0.2, -0.15) is 0 Å². The van der Waals surface area contributed by atoms with Crippen LogP contribution in [-0.4, -0.2) is 24.8 Å². The lowest BCUT2D eigenvalue weighted by molar-refractivity contribution is -0.154. The molecule has 1 heterocycles. The first-order valence-corrected chi connectivity index (χ1v) is 9.42. The maximum Gasteiger partial charge on any atom is 0.311 e. The van der Waals surface area contributed by atoms with Crippen molar-refractivity contribution in [1.82, 2.24) is 5.32 Å². The number of benzene rings is 3. The highest BCUT2D eigenvalue weighted by molar-refractivity contribution is 5.90. The van der Waals surface area contributed by atoms with E-state index in [1.807, 2.05) is 54.6 Å². The molecule has 0 unspecified atom stereocenters. The molecule has 148 valence electrons. The molecule has 0 aromatic heterocycles. The van der Waals surface area contributed by atoms with E-state index in [0.29, 0.717) is 18.0 Å². The van der Waals surface area contributed by atoms with E-state index in [2.05, 4.69) is 5.32 Å². The van der Waals surface area contributed by atoms with Crippen LogP contribution in [0.25, 0.3) is 10.8 Å². The molecule has 0 aliphatic carbocycles. The Morgan fingerprint density at radius 3 is 2.72 bits per heavy atom. The Morgan fingerprint density at radius 1 is 1.03 bits per heavy atom. The van der Waals surface area contributed by atoms with E-state index in [9.17, 15) is 9.59 Å². The van der Waals surface area contributed by atoms with Crippen molar-refractivity contribution in [3.8, 4) is 11.5 Å². The fourth-order valence-electron chi connectivity index (χ4n) is 3.28. The normalized spacial score (nSPS) is 13.1. The molecule has 1 aliphatic heterocycles. The third-order valence-electron chi connectivity index (χ3n) is 4.80. The summed E-state index contributed by atoms with van der Waals surface area (Å²) in [5.41, 5.74) is 1.75. The van der Waals surface area contributed by atoms with Crippen molar-refractivity contribution >= 4 is 22.6 Å². The molecule has 1 amide bonds. The summed E-state index contributed by atoms with van der Waals surface area (Å²) in [5.74, 6) is 0.558. The molecule has 6 heteroatoms. The monoisotopic (exact) mass is 391 g/mol. The molecule has 29 heavy (non-hydrogen) atoms. The van der Waals surface area contributed by atoms with Gasteiger partial charge in [0, 0.05) is 6.54 Å². The Kier molecular flexibility index (Phi) is 5.33. The first-order valence-electron chi connectivity index (χ1n) is 9.42. The van der Waals surface area contributed by atoms with Crippen LogP contribution < -0.4 is 14.8 Å². The number of carbonyl (C=O) groups excluding carboxylic acids is 2. The average molecular weight is 391 g/mol. The number of carbonyl (C=O) groups is 2. The number of hydrogen-bond acceptors (Lipinski definition) is 5. The molecule has 0 spiro atoms. The van der Waals surface area contributed by atoms with Gasteiger partial charge in [-0.25, -0.2) is 0 Å². The van der Waals surface area contributed by atoms with Gasteiger partial charge in [0.25, 0.3) is 5.91 Å². The summed E-state index contributed by atoms with van der Waals surface area (Å²) in [5, 5.41) is 4.84. The molecule has 0 saturated heterocycles. The summed E-state index contributed by atoms with van der Waals surface area (Å²) >= 11 is 0. The van der Waals surface area contributed by atoms with Crippen molar-refractivity contribution in [2.75, 3.05) is 6.79 Å². The lowest BCUT2D eigenvalue weighted by Crippen LogP contribution is -2.35. The first-order chi connectivity index (χ1) is 14.1. The van der Waals surface area contributed by atoms with Crippen LogP contribution in [0.2, 0.25) is 0 Å². The molecule has 0 bridgehead atoms. The highest BCUT2D eigenvalue weighted by atomic mass is 16.7. The topological polar surface area (TPSA) is 73.9 Å². The number of amides is 1. The zero-order valence-corrected chi connectivity index (χ0v) is 16.0. The summed E-state index contributed by atoms with van der Waals surface area (Å²) < 4.78 is 15.9. The second kappa shape index (κ2) is 8.22. The van der Waals surface area contributed by atoms with Crippen LogP contribution in [0.3, 0.4) is 0 Å². The van der Waals surface area contributed by atoms with E-state index in [-0.39, 0.29) is 19.1 Å². The molecular formula is C23H21NO5. The predicted octanol–water partition coefficient (Wildman–Crippen LogP) is 3.36. The van der Waals surface area contributed by atoms with Gasteiger partial charge in [0.05, 0.1) is 6.42 Å². The minimum absolute atomic E-state index is 0.112. The average Bonchev–Trinajstić information content (AvgIpc) is 3.20. The fraction of sp³-hybridized carbons (Fsp3) is 0.217. The molecule has 6 nitrogen and oxygen atoms in total. The van der Waals surface area contributed by atoms with E-state index in [0.717, 1.165) is 21.9 Å². The third-order valence-corrected chi connectivity index (χ3v) is 4.80. The Hall–Kier alpha value is -3.54. The lowest BCUT2D eigenvalue weighted by atomic mass is 10.0. The Bertz CT molecular complexity index is 1060. The van der Waals surface area contributed by atoms with Gasteiger partial charge in [0.15, 0.2) is 17.6 Å². The molecule has 0 saturated carbocycles. The van der Waals surface area contributed by atoms with Gasteiger partial charge in [0.1, 0.15) is 0 Å². The number of rotatable bonds is 6. The van der Waals surface area contributed by atoms with Crippen molar-refractivity contribution in [2.24, 2.45) is 0 Å². The third kappa shape index (κ3) is 4.32. The maximum atomic E-state index is 12.3. The van der Waals surface area contributed by atoms with Gasteiger partial charge in [0.2, 0.25) is 6.79 Å². The smallest absolute Gasteiger partial charge is 0.311 e. The number of hydrogen-bond donors (Lipinski definition) is 1. The highest BCUT2D eigenvalue weighted by Crippen LogP contribution is 2.32. The number of nitrogens with one attached hydrogen (secondary N) is 1.